The van der Waals surface area contributed by atoms with Crippen molar-refractivity contribution in [1.82, 2.24) is 0 Å². The number of aryl methyl sites for hydroxylation is 1. The average Bonchev–Trinajstić information content (AvgIpc) is 2.32. The Morgan fingerprint density at radius 2 is 1.72 bits per heavy atom. The summed E-state index contributed by atoms with van der Waals surface area (Å²) in [7, 11) is 0. The Morgan fingerprint density at radius 3 is 2.33 bits per heavy atom. The number of halogens is 2. The lowest BCUT2D eigenvalue weighted by atomic mass is 9.85. The summed E-state index contributed by atoms with van der Waals surface area (Å²) in [4.78, 5) is 0. The minimum absolute atomic E-state index is 0.291. The van der Waals surface area contributed by atoms with Crippen LogP contribution in [0.2, 0.25) is 5.02 Å². The van der Waals surface area contributed by atoms with E-state index in [1.165, 1.54) is 6.07 Å². The fourth-order valence-corrected chi connectivity index (χ4v) is 2.11. The van der Waals surface area contributed by atoms with E-state index in [0.717, 1.165) is 11.1 Å². The fourth-order valence-electron chi connectivity index (χ4n) is 1.99. The topological polar surface area (TPSA) is 26.0 Å². The summed E-state index contributed by atoms with van der Waals surface area (Å²) in [6, 6.07) is 12.1. The Morgan fingerprint density at radius 1 is 1.11 bits per heavy atom. The van der Waals surface area contributed by atoms with Crippen LogP contribution in [0.5, 0.6) is 0 Å². The van der Waals surface area contributed by atoms with Crippen molar-refractivity contribution in [3.05, 3.63) is 70.0 Å². The number of nitrogens with two attached hydrogens (primary N) is 1. The molecule has 0 amide bonds. The number of benzene rings is 2. The van der Waals surface area contributed by atoms with E-state index in [4.69, 9.17) is 17.3 Å². The van der Waals surface area contributed by atoms with Gasteiger partial charge in [0.25, 0.3) is 0 Å². The first-order chi connectivity index (χ1) is 8.41. The monoisotopic (exact) mass is 263 g/mol. The number of rotatable bonds is 2. The minimum atomic E-state index is -0.874. The third-order valence-corrected chi connectivity index (χ3v) is 3.38. The van der Waals surface area contributed by atoms with Crippen molar-refractivity contribution >= 4 is 11.6 Å². The van der Waals surface area contributed by atoms with Crippen LogP contribution in [-0.2, 0) is 5.54 Å². The third kappa shape index (κ3) is 2.40. The Labute approximate surface area is 111 Å². The third-order valence-electron chi connectivity index (χ3n) is 3.13. The van der Waals surface area contributed by atoms with Gasteiger partial charge >= 0.3 is 0 Å². The Balaban J connectivity index is 2.53. The zero-order valence-electron chi connectivity index (χ0n) is 10.4. The average molecular weight is 264 g/mol. The van der Waals surface area contributed by atoms with Gasteiger partial charge in [-0.25, -0.2) is 4.39 Å². The lowest BCUT2D eigenvalue weighted by molar-refractivity contribution is 0.530. The molecule has 2 rings (SSSR count). The molecule has 0 aliphatic heterocycles. The fraction of sp³-hybridized carbons (Fsp3) is 0.200. The van der Waals surface area contributed by atoms with Gasteiger partial charge < -0.3 is 5.73 Å². The van der Waals surface area contributed by atoms with Crippen LogP contribution >= 0.6 is 11.6 Å². The Hall–Kier alpha value is -1.38. The summed E-state index contributed by atoms with van der Waals surface area (Å²) in [6.45, 7) is 3.72. The molecule has 18 heavy (non-hydrogen) atoms. The van der Waals surface area contributed by atoms with Crippen LogP contribution in [0.3, 0.4) is 0 Å². The van der Waals surface area contributed by atoms with Crippen LogP contribution in [0.4, 0.5) is 4.39 Å². The van der Waals surface area contributed by atoms with Crippen LogP contribution in [0.25, 0.3) is 0 Å². The van der Waals surface area contributed by atoms with Gasteiger partial charge in [0.15, 0.2) is 0 Å². The predicted octanol–water partition coefficient (Wildman–Crippen LogP) is 4.01. The smallest absolute Gasteiger partial charge is 0.128 e. The SMILES string of the molecule is Cc1ccc(F)c(C(C)(N)c2ccc(Cl)cc2)c1. The van der Waals surface area contributed by atoms with Gasteiger partial charge in [-0.2, -0.15) is 0 Å². The van der Waals surface area contributed by atoms with Gasteiger partial charge in [0, 0.05) is 10.6 Å². The molecule has 2 aromatic carbocycles. The molecule has 2 N–H and O–H groups in total. The molecular formula is C15H15ClFN. The lowest BCUT2D eigenvalue weighted by Crippen LogP contribution is -2.35. The van der Waals surface area contributed by atoms with Crippen molar-refractivity contribution in [2.45, 2.75) is 19.4 Å². The van der Waals surface area contributed by atoms with E-state index >= 15 is 0 Å². The van der Waals surface area contributed by atoms with Crippen molar-refractivity contribution in [1.29, 1.82) is 0 Å². The highest BCUT2D eigenvalue weighted by molar-refractivity contribution is 6.30. The molecule has 1 nitrogen and oxygen atoms in total. The first-order valence-corrected chi connectivity index (χ1v) is 6.10. The minimum Gasteiger partial charge on any atom is -0.318 e. The molecule has 3 heteroatoms. The van der Waals surface area contributed by atoms with Gasteiger partial charge in [0.2, 0.25) is 0 Å². The van der Waals surface area contributed by atoms with E-state index < -0.39 is 5.54 Å². The predicted molar refractivity (Wildman–Crippen MR) is 73.2 cm³/mol. The van der Waals surface area contributed by atoms with Crippen molar-refractivity contribution in [3.8, 4) is 0 Å². The molecule has 2 aromatic rings. The molecule has 0 fully saturated rings. The molecule has 0 bridgehead atoms. The molecule has 1 unspecified atom stereocenters. The van der Waals surface area contributed by atoms with Gasteiger partial charge in [-0.1, -0.05) is 41.4 Å². The van der Waals surface area contributed by atoms with Crippen LogP contribution in [0, 0.1) is 12.7 Å². The van der Waals surface area contributed by atoms with Gasteiger partial charge in [0.05, 0.1) is 5.54 Å². The molecular weight excluding hydrogens is 249 g/mol. The van der Waals surface area contributed by atoms with Gasteiger partial charge in [0.1, 0.15) is 5.82 Å². The van der Waals surface area contributed by atoms with Crippen molar-refractivity contribution in [2.75, 3.05) is 0 Å². The molecule has 0 heterocycles. The molecule has 1 atom stereocenters. The summed E-state index contributed by atoms with van der Waals surface area (Å²) in [5.74, 6) is -0.291. The van der Waals surface area contributed by atoms with E-state index in [1.54, 1.807) is 31.2 Å². The zero-order chi connectivity index (χ0) is 13.3. The molecule has 0 saturated heterocycles. The highest BCUT2D eigenvalue weighted by atomic mass is 35.5. The van der Waals surface area contributed by atoms with E-state index in [0.29, 0.717) is 10.6 Å². The van der Waals surface area contributed by atoms with Gasteiger partial charge in [-0.3, -0.25) is 0 Å². The quantitative estimate of drug-likeness (QED) is 0.870. The summed E-state index contributed by atoms with van der Waals surface area (Å²) in [6.07, 6.45) is 0. The van der Waals surface area contributed by atoms with Crippen LogP contribution in [0.15, 0.2) is 42.5 Å². The highest BCUT2D eigenvalue weighted by Crippen LogP contribution is 2.29. The second kappa shape index (κ2) is 4.71. The first kappa shape index (κ1) is 13.1. The van der Waals surface area contributed by atoms with Crippen molar-refractivity contribution in [3.63, 3.8) is 0 Å². The lowest BCUT2D eigenvalue weighted by Gasteiger charge is -2.27. The van der Waals surface area contributed by atoms with Crippen LogP contribution in [-0.4, -0.2) is 0 Å². The van der Waals surface area contributed by atoms with Crippen molar-refractivity contribution < 1.29 is 4.39 Å². The summed E-state index contributed by atoms with van der Waals surface area (Å²) in [5.41, 5.74) is 7.73. The first-order valence-electron chi connectivity index (χ1n) is 5.73. The Kier molecular flexibility index (Phi) is 3.42. The van der Waals surface area contributed by atoms with E-state index in [9.17, 15) is 4.39 Å². The molecule has 0 aliphatic rings. The molecule has 0 spiro atoms. The van der Waals surface area contributed by atoms with E-state index in [1.807, 2.05) is 19.1 Å². The normalized spacial score (nSPS) is 14.3. The summed E-state index contributed by atoms with van der Waals surface area (Å²) in [5, 5.41) is 0.638. The van der Waals surface area contributed by atoms with Crippen molar-refractivity contribution in [2.24, 2.45) is 5.73 Å². The second-order valence-electron chi connectivity index (χ2n) is 4.69. The zero-order valence-corrected chi connectivity index (χ0v) is 11.1. The second-order valence-corrected chi connectivity index (χ2v) is 5.13. The number of hydrogen-bond acceptors (Lipinski definition) is 1. The molecule has 0 aliphatic carbocycles. The maximum Gasteiger partial charge on any atom is 0.128 e. The number of hydrogen-bond donors (Lipinski definition) is 1. The molecule has 0 saturated carbocycles. The maximum atomic E-state index is 13.9. The summed E-state index contributed by atoms with van der Waals surface area (Å²) >= 11 is 5.85. The maximum absolute atomic E-state index is 13.9. The van der Waals surface area contributed by atoms with Gasteiger partial charge in [-0.15, -0.1) is 0 Å². The van der Waals surface area contributed by atoms with Crippen LogP contribution < -0.4 is 5.73 Å². The molecule has 94 valence electrons. The summed E-state index contributed by atoms with van der Waals surface area (Å²) < 4.78 is 13.9. The highest BCUT2D eigenvalue weighted by Gasteiger charge is 2.26. The van der Waals surface area contributed by atoms with E-state index in [-0.39, 0.29) is 5.82 Å². The van der Waals surface area contributed by atoms with Gasteiger partial charge in [-0.05, 0) is 37.6 Å². The molecule has 0 aromatic heterocycles. The largest absolute Gasteiger partial charge is 0.318 e. The van der Waals surface area contributed by atoms with Crippen LogP contribution in [0.1, 0.15) is 23.6 Å². The standard InChI is InChI=1S/C15H15ClFN/c1-10-3-8-14(17)13(9-10)15(2,18)11-4-6-12(16)7-5-11/h3-9H,18H2,1-2H3. The molecule has 0 radical (unpaired) electrons. The van der Waals surface area contributed by atoms with E-state index in [2.05, 4.69) is 0 Å². The Bertz CT molecular complexity index is 561.